The molecule has 7 nitrogen and oxygen atoms in total. The number of aromatic amines is 1. The highest BCUT2D eigenvalue weighted by Crippen LogP contribution is 2.45. The summed E-state index contributed by atoms with van der Waals surface area (Å²) in [6.45, 7) is 0.361. The van der Waals surface area contributed by atoms with Crippen molar-refractivity contribution in [3.63, 3.8) is 0 Å². The number of carbonyl (C=O) groups is 1. The number of halogens is 1. The molecule has 0 radical (unpaired) electrons. The minimum atomic E-state index is -0.412. The molecule has 3 aromatic carbocycles. The third-order valence-electron chi connectivity index (χ3n) is 5.65. The van der Waals surface area contributed by atoms with Gasteiger partial charge >= 0.3 is 0 Å². The van der Waals surface area contributed by atoms with Crippen molar-refractivity contribution in [2.45, 2.75) is 5.92 Å². The summed E-state index contributed by atoms with van der Waals surface area (Å²) in [5.41, 5.74) is 9.03. The maximum atomic E-state index is 13.4. The molecule has 150 valence electrons. The number of fused-ring (bicyclic) bond motifs is 4. The van der Waals surface area contributed by atoms with Crippen molar-refractivity contribution in [2.75, 3.05) is 23.1 Å². The second kappa shape index (κ2) is 6.74. The Labute approximate surface area is 176 Å². The number of carbonyl (C=O) groups excluding carboxylic acids is 1. The minimum Gasteiger partial charge on any atom is -0.399 e. The number of nitrogens with one attached hydrogen (secondary N) is 1. The van der Waals surface area contributed by atoms with Gasteiger partial charge in [-0.1, -0.05) is 18.2 Å². The Kier molecular flexibility index (Phi) is 4.15. The number of nitro benzene ring substituents is 1. The first-order chi connectivity index (χ1) is 14.5. The molecule has 0 aliphatic carbocycles. The molecule has 0 saturated heterocycles. The highest BCUT2D eigenvalue weighted by atomic mass is 35.5. The van der Waals surface area contributed by atoms with Crippen LogP contribution in [0.25, 0.3) is 21.7 Å². The number of nitrogens with two attached hydrogens (primary N) is 1. The number of nitro groups is 1. The Bertz CT molecular complexity index is 1350. The third kappa shape index (κ3) is 2.70. The van der Waals surface area contributed by atoms with Crippen LogP contribution in [-0.2, 0) is 0 Å². The Balaban J connectivity index is 1.68. The van der Waals surface area contributed by atoms with Crippen molar-refractivity contribution in [1.29, 1.82) is 0 Å². The number of nitrogen functional groups attached to an aromatic ring is 1. The number of hydrogen-bond acceptors (Lipinski definition) is 4. The molecule has 1 atom stereocenters. The van der Waals surface area contributed by atoms with Crippen molar-refractivity contribution in [1.82, 2.24) is 4.98 Å². The summed E-state index contributed by atoms with van der Waals surface area (Å²) in [6, 6.07) is 15.8. The quantitative estimate of drug-likeness (QED) is 0.215. The Morgan fingerprint density at radius 3 is 2.70 bits per heavy atom. The first-order valence-electron chi connectivity index (χ1n) is 9.44. The molecule has 1 unspecified atom stereocenters. The van der Waals surface area contributed by atoms with Crippen molar-refractivity contribution < 1.29 is 9.72 Å². The lowest BCUT2D eigenvalue weighted by atomic mass is 9.95. The lowest BCUT2D eigenvalue weighted by molar-refractivity contribution is -0.383. The van der Waals surface area contributed by atoms with E-state index in [1.54, 1.807) is 35.2 Å². The van der Waals surface area contributed by atoms with Crippen molar-refractivity contribution >= 4 is 56.2 Å². The average Bonchev–Trinajstić information content (AvgIpc) is 3.33. The predicted molar refractivity (Wildman–Crippen MR) is 118 cm³/mol. The van der Waals surface area contributed by atoms with Gasteiger partial charge in [0, 0.05) is 41.0 Å². The molecule has 0 fully saturated rings. The summed E-state index contributed by atoms with van der Waals surface area (Å²) in [7, 11) is 0. The first kappa shape index (κ1) is 18.4. The van der Waals surface area contributed by atoms with Crippen LogP contribution in [0.4, 0.5) is 17.1 Å². The van der Waals surface area contributed by atoms with Crippen LogP contribution in [0.2, 0.25) is 0 Å². The van der Waals surface area contributed by atoms with Gasteiger partial charge in [-0.05, 0) is 41.3 Å². The van der Waals surface area contributed by atoms with E-state index >= 15 is 0 Å². The third-order valence-corrected chi connectivity index (χ3v) is 6.02. The second-order valence-corrected chi connectivity index (χ2v) is 7.74. The first-order valence-corrected chi connectivity index (χ1v) is 9.97. The normalized spacial score (nSPS) is 15.6. The standard InChI is InChI=1S/C22H17ClN4O3/c23-10-13-11-26(22(28)18-8-12-7-14(24)5-6-17(12)25-18)20-9-19(27(29)30)15-3-1-2-4-16(15)21(13)20/h1-9,13,25H,10-11,24H2. The zero-order chi connectivity index (χ0) is 21.0. The molecule has 2 heterocycles. The number of anilines is 2. The van der Waals surface area contributed by atoms with E-state index in [9.17, 15) is 14.9 Å². The van der Waals surface area contributed by atoms with Crippen LogP contribution in [0.3, 0.4) is 0 Å². The number of hydrogen-bond donors (Lipinski definition) is 2. The second-order valence-electron chi connectivity index (χ2n) is 7.43. The fraction of sp³-hybridized carbons (Fsp3) is 0.136. The molecule has 5 rings (SSSR count). The van der Waals surface area contributed by atoms with Crippen LogP contribution >= 0.6 is 11.6 Å². The van der Waals surface area contributed by atoms with Gasteiger partial charge in [-0.3, -0.25) is 14.9 Å². The summed E-state index contributed by atoms with van der Waals surface area (Å²) in [5.74, 6) is -0.0680. The van der Waals surface area contributed by atoms with Crippen LogP contribution in [0.5, 0.6) is 0 Å². The molecule has 1 amide bonds. The maximum absolute atomic E-state index is 13.4. The number of non-ortho nitro benzene ring substituents is 1. The lowest BCUT2D eigenvalue weighted by Crippen LogP contribution is -2.30. The number of rotatable bonds is 3. The molecule has 0 bridgehead atoms. The molecular formula is C22H17ClN4O3. The van der Waals surface area contributed by atoms with Gasteiger partial charge in [0.1, 0.15) is 5.69 Å². The van der Waals surface area contributed by atoms with Crippen LogP contribution in [0.15, 0.2) is 54.6 Å². The molecule has 1 aliphatic rings. The van der Waals surface area contributed by atoms with Gasteiger partial charge in [0.2, 0.25) is 0 Å². The van der Waals surface area contributed by atoms with E-state index in [0.29, 0.717) is 34.9 Å². The predicted octanol–water partition coefficient (Wildman–Crippen LogP) is 4.79. The van der Waals surface area contributed by atoms with Gasteiger partial charge < -0.3 is 15.6 Å². The van der Waals surface area contributed by atoms with E-state index in [1.165, 1.54) is 6.07 Å². The lowest BCUT2D eigenvalue weighted by Gasteiger charge is -2.17. The van der Waals surface area contributed by atoms with E-state index in [-0.39, 0.29) is 17.5 Å². The molecule has 8 heteroatoms. The number of H-pyrrole nitrogens is 1. The summed E-state index contributed by atoms with van der Waals surface area (Å²) in [6.07, 6.45) is 0. The van der Waals surface area contributed by atoms with Gasteiger partial charge in [0.05, 0.1) is 16.0 Å². The Morgan fingerprint density at radius 2 is 1.97 bits per heavy atom. The summed E-state index contributed by atoms with van der Waals surface area (Å²) in [5, 5.41) is 13.9. The van der Waals surface area contributed by atoms with Gasteiger partial charge in [0.25, 0.3) is 11.6 Å². The summed E-state index contributed by atoms with van der Waals surface area (Å²) >= 11 is 6.24. The van der Waals surface area contributed by atoms with Crippen LogP contribution in [0.1, 0.15) is 22.0 Å². The van der Waals surface area contributed by atoms with Crippen molar-refractivity contribution in [3.8, 4) is 0 Å². The molecule has 30 heavy (non-hydrogen) atoms. The van der Waals surface area contributed by atoms with Crippen LogP contribution in [0, 0.1) is 10.1 Å². The van der Waals surface area contributed by atoms with Crippen molar-refractivity contribution in [2.24, 2.45) is 0 Å². The molecule has 0 saturated carbocycles. The molecule has 3 N–H and O–H groups in total. The Morgan fingerprint density at radius 1 is 1.20 bits per heavy atom. The molecular weight excluding hydrogens is 404 g/mol. The van der Waals surface area contributed by atoms with E-state index in [2.05, 4.69) is 4.98 Å². The summed E-state index contributed by atoms with van der Waals surface area (Å²) < 4.78 is 0. The van der Waals surface area contributed by atoms with Crippen molar-refractivity contribution in [3.05, 3.63) is 76.0 Å². The zero-order valence-corrected chi connectivity index (χ0v) is 16.5. The van der Waals surface area contributed by atoms with E-state index in [4.69, 9.17) is 17.3 Å². The largest absolute Gasteiger partial charge is 0.399 e. The number of nitrogens with zero attached hydrogens (tertiary/aromatic N) is 2. The number of benzene rings is 3. The highest BCUT2D eigenvalue weighted by molar-refractivity contribution is 6.19. The fourth-order valence-corrected chi connectivity index (χ4v) is 4.56. The number of aromatic nitrogens is 1. The monoisotopic (exact) mass is 420 g/mol. The maximum Gasteiger partial charge on any atom is 0.279 e. The van der Waals surface area contributed by atoms with Crippen LogP contribution < -0.4 is 10.6 Å². The zero-order valence-electron chi connectivity index (χ0n) is 15.8. The Hall–Kier alpha value is -3.58. The highest BCUT2D eigenvalue weighted by Gasteiger charge is 2.36. The smallest absolute Gasteiger partial charge is 0.279 e. The summed E-state index contributed by atoms with van der Waals surface area (Å²) in [4.78, 5) is 29.4. The SMILES string of the molecule is Nc1ccc2[nH]c(C(=O)N3CC(CCl)c4c3cc([N+](=O)[O-])c3ccccc43)cc2c1. The topological polar surface area (TPSA) is 105 Å². The molecule has 1 aromatic heterocycles. The van der Waals surface area contributed by atoms with E-state index in [0.717, 1.165) is 21.9 Å². The van der Waals surface area contributed by atoms with Gasteiger partial charge in [-0.2, -0.15) is 0 Å². The van der Waals surface area contributed by atoms with E-state index in [1.807, 2.05) is 18.2 Å². The molecule has 1 aliphatic heterocycles. The van der Waals surface area contributed by atoms with E-state index < -0.39 is 4.92 Å². The fourth-order valence-electron chi connectivity index (χ4n) is 4.31. The van der Waals surface area contributed by atoms with Gasteiger partial charge in [-0.25, -0.2) is 0 Å². The van der Waals surface area contributed by atoms with Gasteiger partial charge in [0.15, 0.2) is 0 Å². The number of amides is 1. The molecule has 0 spiro atoms. The van der Waals surface area contributed by atoms with Crippen LogP contribution in [-0.4, -0.2) is 28.2 Å². The minimum absolute atomic E-state index is 0.0261. The number of alkyl halides is 1. The van der Waals surface area contributed by atoms with Gasteiger partial charge in [-0.15, -0.1) is 11.6 Å². The molecule has 4 aromatic rings. The average molecular weight is 421 g/mol.